The van der Waals surface area contributed by atoms with Gasteiger partial charge in [0.2, 0.25) is 0 Å². The molecule has 2 heterocycles. The SMILES string of the molecule is COC(=O)C1=C(C)N(Cc2ccccc2)C(=O)/C1=C\C1=CCCS1. The van der Waals surface area contributed by atoms with Crippen LogP contribution in [0.25, 0.3) is 0 Å². The fraction of sp³-hybridized carbons (Fsp3) is 0.263. The van der Waals surface area contributed by atoms with Crippen molar-refractivity contribution in [2.24, 2.45) is 0 Å². The molecule has 0 bridgehead atoms. The molecule has 1 aromatic rings. The minimum Gasteiger partial charge on any atom is -0.465 e. The van der Waals surface area contributed by atoms with E-state index >= 15 is 0 Å². The Bertz CT molecular complexity index is 762. The third kappa shape index (κ3) is 3.17. The van der Waals surface area contributed by atoms with E-state index in [0.29, 0.717) is 23.4 Å². The molecule has 0 aromatic heterocycles. The van der Waals surface area contributed by atoms with Crippen LogP contribution in [0, 0.1) is 0 Å². The third-order valence-corrected chi connectivity index (χ3v) is 5.16. The van der Waals surface area contributed by atoms with Gasteiger partial charge in [0.05, 0.1) is 24.8 Å². The monoisotopic (exact) mass is 341 g/mol. The van der Waals surface area contributed by atoms with Crippen molar-refractivity contribution in [3.63, 3.8) is 0 Å². The average Bonchev–Trinajstić information content (AvgIpc) is 3.18. The highest BCUT2D eigenvalue weighted by Crippen LogP contribution is 2.35. The molecule has 0 saturated carbocycles. The van der Waals surface area contributed by atoms with Gasteiger partial charge in [0.25, 0.3) is 5.91 Å². The van der Waals surface area contributed by atoms with Gasteiger partial charge < -0.3 is 9.64 Å². The van der Waals surface area contributed by atoms with E-state index < -0.39 is 5.97 Å². The van der Waals surface area contributed by atoms with Crippen LogP contribution in [-0.2, 0) is 20.9 Å². The van der Waals surface area contributed by atoms with Crippen molar-refractivity contribution in [2.45, 2.75) is 19.9 Å². The zero-order valence-corrected chi connectivity index (χ0v) is 14.6. The minimum atomic E-state index is -0.466. The molecule has 0 aliphatic carbocycles. The van der Waals surface area contributed by atoms with Gasteiger partial charge >= 0.3 is 5.97 Å². The van der Waals surface area contributed by atoms with Gasteiger partial charge in [-0.1, -0.05) is 36.4 Å². The van der Waals surface area contributed by atoms with E-state index in [-0.39, 0.29) is 5.91 Å². The van der Waals surface area contributed by atoms with Crippen LogP contribution in [-0.4, -0.2) is 29.6 Å². The van der Waals surface area contributed by atoms with E-state index in [9.17, 15) is 9.59 Å². The first kappa shape index (κ1) is 16.6. The molecule has 0 radical (unpaired) electrons. The summed E-state index contributed by atoms with van der Waals surface area (Å²) in [5.41, 5.74) is 2.46. The summed E-state index contributed by atoms with van der Waals surface area (Å²) in [4.78, 5) is 27.8. The van der Waals surface area contributed by atoms with E-state index in [0.717, 1.165) is 22.6 Å². The molecule has 2 aliphatic heterocycles. The molecule has 1 amide bonds. The number of methoxy groups -OCH3 is 1. The number of esters is 1. The second-order valence-corrected chi connectivity index (χ2v) is 6.80. The summed E-state index contributed by atoms with van der Waals surface area (Å²) < 4.78 is 4.90. The molecular formula is C19H19NO3S. The molecule has 0 spiro atoms. The molecule has 1 aromatic carbocycles. The predicted molar refractivity (Wildman–Crippen MR) is 94.9 cm³/mol. The van der Waals surface area contributed by atoms with Crippen molar-refractivity contribution in [3.05, 3.63) is 69.8 Å². The number of amides is 1. The quantitative estimate of drug-likeness (QED) is 0.622. The number of ether oxygens (including phenoxy) is 1. The van der Waals surface area contributed by atoms with Crippen LogP contribution in [0.4, 0.5) is 0 Å². The molecule has 4 nitrogen and oxygen atoms in total. The number of nitrogens with zero attached hydrogens (tertiary/aromatic N) is 1. The van der Waals surface area contributed by atoms with Crippen LogP contribution in [0.15, 0.2) is 64.2 Å². The molecule has 2 aliphatic rings. The Kier molecular flexibility index (Phi) is 4.90. The predicted octanol–water partition coefficient (Wildman–Crippen LogP) is 3.42. The molecule has 0 N–H and O–H groups in total. The topological polar surface area (TPSA) is 46.6 Å². The Morgan fingerprint density at radius 1 is 1.33 bits per heavy atom. The van der Waals surface area contributed by atoms with Crippen LogP contribution in [0.1, 0.15) is 18.9 Å². The van der Waals surface area contributed by atoms with Crippen LogP contribution in [0.5, 0.6) is 0 Å². The molecular weight excluding hydrogens is 322 g/mol. The van der Waals surface area contributed by atoms with E-state index in [1.54, 1.807) is 23.6 Å². The van der Waals surface area contributed by atoms with Gasteiger partial charge in [-0.3, -0.25) is 4.79 Å². The number of hydrogen-bond acceptors (Lipinski definition) is 4. The van der Waals surface area contributed by atoms with Gasteiger partial charge in [-0.05, 0) is 25.0 Å². The van der Waals surface area contributed by atoms with Gasteiger partial charge in [0, 0.05) is 16.4 Å². The maximum atomic E-state index is 12.9. The highest BCUT2D eigenvalue weighted by atomic mass is 32.2. The Hall–Kier alpha value is -2.27. The Morgan fingerprint density at radius 3 is 2.71 bits per heavy atom. The van der Waals surface area contributed by atoms with E-state index in [1.165, 1.54) is 7.11 Å². The first-order valence-electron chi connectivity index (χ1n) is 7.82. The minimum absolute atomic E-state index is 0.148. The van der Waals surface area contributed by atoms with Gasteiger partial charge in [0.1, 0.15) is 0 Å². The van der Waals surface area contributed by atoms with Crippen molar-refractivity contribution < 1.29 is 14.3 Å². The highest BCUT2D eigenvalue weighted by Gasteiger charge is 2.37. The molecule has 124 valence electrons. The second kappa shape index (κ2) is 7.09. The summed E-state index contributed by atoms with van der Waals surface area (Å²) in [7, 11) is 1.34. The average molecular weight is 341 g/mol. The van der Waals surface area contributed by atoms with Crippen molar-refractivity contribution in [3.8, 4) is 0 Å². The zero-order chi connectivity index (χ0) is 17.1. The molecule has 0 atom stereocenters. The Balaban J connectivity index is 1.98. The maximum absolute atomic E-state index is 12.9. The summed E-state index contributed by atoms with van der Waals surface area (Å²) in [6.07, 6.45) is 4.90. The number of carbonyl (C=O) groups is 2. The lowest BCUT2D eigenvalue weighted by molar-refractivity contribution is -0.136. The van der Waals surface area contributed by atoms with Gasteiger partial charge in [0.15, 0.2) is 0 Å². The standard InChI is InChI=1S/C19H19NO3S/c1-13-17(19(22)23-2)16(11-15-9-6-10-24-15)18(21)20(13)12-14-7-4-3-5-8-14/h3-5,7-9,11H,6,10,12H2,1-2H3/b16-11-. The first-order valence-corrected chi connectivity index (χ1v) is 8.80. The number of thioether (sulfide) groups is 1. The Morgan fingerprint density at radius 2 is 2.08 bits per heavy atom. The van der Waals surface area contributed by atoms with E-state index in [2.05, 4.69) is 6.08 Å². The summed E-state index contributed by atoms with van der Waals surface area (Å²) >= 11 is 1.70. The molecule has 5 heteroatoms. The van der Waals surface area contributed by atoms with E-state index in [4.69, 9.17) is 4.74 Å². The first-order chi connectivity index (χ1) is 11.6. The normalized spacial score (nSPS) is 19.2. The number of carbonyl (C=O) groups excluding carboxylic acids is 2. The van der Waals surface area contributed by atoms with Crippen LogP contribution >= 0.6 is 11.8 Å². The maximum Gasteiger partial charge on any atom is 0.340 e. The van der Waals surface area contributed by atoms with E-state index in [1.807, 2.05) is 36.4 Å². The lowest BCUT2D eigenvalue weighted by atomic mass is 10.1. The number of hydrogen-bond donors (Lipinski definition) is 0. The smallest absolute Gasteiger partial charge is 0.340 e. The van der Waals surface area contributed by atoms with Crippen LogP contribution in [0.3, 0.4) is 0 Å². The summed E-state index contributed by atoms with van der Waals surface area (Å²) in [6, 6.07) is 9.75. The summed E-state index contributed by atoms with van der Waals surface area (Å²) in [5.74, 6) is 0.397. The number of rotatable bonds is 4. The summed E-state index contributed by atoms with van der Waals surface area (Å²) in [5, 5.41) is 0. The second-order valence-electron chi connectivity index (χ2n) is 5.63. The molecule has 3 rings (SSSR count). The number of allylic oxidation sites excluding steroid dienone is 3. The molecule has 0 unspecified atom stereocenters. The fourth-order valence-electron chi connectivity index (χ4n) is 2.86. The third-order valence-electron chi connectivity index (χ3n) is 4.10. The Labute approximate surface area is 145 Å². The number of benzene rings is 1. The lowest BCUT2D eigenvalue weighted by Gasteiger charge is -2.17. The van der Waals surface area contributed by atoms with Crippen molar-refractivity contribution in [1.29, 1.82) is 0 Å². The molecule has 24 heavy (non-hydrogen) atoms. The summed E-state index contributed by atoms with van der Waals surface area (Å²) in [6.45, 7) is 2.24. The van der Waals surface area contributed by atoms with Gasteiger partial charge in [-0.2, -0.15) is 0 Å². The van der Waals surface area contributed by atoms with Crippen molar-refractivity contribution >= 4 is 23.6 Å². The highest BCUT2D eigenvalue weighted by molar-refractivity contribution is 8.03. The van der Waals surface area contributed by atoms with Crippen molar-refractivity contribution in [2.75, 3.05) is 12.9 Å². The van der Waals surface area contributed by atoms with Gasteiger partial charge in [-0.15, -0.1) is 11.8 Å². The zero-order valence-electron chi connectivity index (χ0n) is 13.7. The molecule has 0 fully saturated rings. The molecule has 0 saturated heterocycles. The lowest BCUT2D eigenvalue weighted by Crippen LogP contribution is -2.24. The van der Waals surface area contributed by atoms with Gasteiger partial charge in [-0.25, -0.2) is 4.79 Å². The van der Waals surface area contributed by atoms with Crippen LogP contribution < -0.4 is 0 Å². The largest absolute Gasteiger partial charge is 0.465 e. The van der Waals surface area contributed by atoms with Crippen LogP contribution in [0.2, 0.25) is 0 Å². The fourth-order valence-corrected chi connectivity index (χ4v) is 3.77. The van der Waals surface area contributed by atoms with Crippen molar-refractivity contribution in [1.82, 2.24) is 4.90 Å².